The summed E-state index contributed by atoms with van der Waals surface area (Å²) in [4.78, 5) is 4.42. The fourth-order valence-electron chi connectivity index (χ4n) is 3.56. The molecule has 0 amide bonds. The van der Waals surface area contributed by atoms with Crippen LogP contribution in [0, 0.1) is 25.5 Å². The molecule has 2 nitrogen and oxygen atoms in total. The first kappa shape index (κ1) is 17.7. The highest BCUT2D eigenvalue weighted by atomic mass is 19.4. The fourth-order valence-corrected chi connectivity index (χ4v) is 3.56. The van der Waals surface area contributed by atoms with E-state index < -0.39 is 29.3 Å². The number of pyridine rings is 1. The summed E-state index contributed by atoms with van der Waals surface area (Å²) in [6.45, 7) is 4.30. The summed E-state index contributed by atoms with van der Waals surface area (Å²) in [6, 6.07) is 6.22. The molecule has 0 spiro atoms. The van der Waals surface area contributed by atoms with Gasteiger partial charge in [-0.15, -0.1) is 0 Å². The standard InChI is InChI=1S/C20H15F5N2/c1-9-4-5-12-13(6-9)17-15(27-8-10(2)26-19(12)27)7-14(21)16(18(17)22)11(3)20(23,24)25/h4-8,11H,1-3H3. The fraction of sp³-hybridized carbons (Fsp3) is 0.250. The minimum absolute atomic E-state index is 0.0360. The van der Waals surface area contributed by atoms with E-state index >= 15 is 4.39 Å². The Balaban J connectivity index is 2.27. The third-order valence-electron chi connectivity index (χ3n) is 4.93. The molecule has 0 bridgehead atoms. The van der Waals surface area contributed by atoms with Gasteiger partial charge in [0.1, 0.15) is 17.3 Å². The molecule has 2 aromatic carbocycles. The lowest BCUT2D eigenvalue weighted by molar-refractivity contribution is -0.147. The summed E-state index contributed by atoms with van der Waals surface area (Å²) < 4.78 is 71.0. The monoisotopic (exact) mass is 378 g/mol. The highest BCUT2D eigenvalue weighted by molar-refractivity contribution is 6.12. The van der Waals surface area contributed by atoms with Gasteiger partial charge in [-0.05, 0) is 32.2 Å². The molecule has 1 unspecified atom stereocenters. The second-order valence-corrected chi connectivity index (χ2v) is 6.87. The lowest BCUT2D eigenvalue weighted by Gasteiger charge is -2.19. The first-order chi connectivity index (χ1) is 12.6. The molecular weight excluding hydrogens is 363 g/mol. The Bertz CT molecular complexity index is 1220. The van der Waals surface area contributed by atoms with Crippen molar-refractivity contribution in [2.75, 3.05) is 0 Å². The van der Waals surface area contributed by atoms with Gasteiger partial charge < -0.3 is 0 Å². The summed E-state index contributed by atoms with van der Waals surface area (Å²) in [6.07, 6.45) is -3.14. The van der Waals surface area contributed by atoms with Crippen LogP contribution in [0.1, 0.15) is 29.7 Å². The van der Waals surface area contributed by atoms with Crippen molar-refractivity contribution in [1.82, 2.24) is 9.38 Å². The van der Waals surface area contributed by atoms with E-state index in [0.717, 1.165) is 18.6 Å². The highest BCUT2D eigenvalue weighted by Crippen LogP contribution is 2.41. The lowest BCUT2D eigenvalue weighted by Crippen LogP contribution is -2.20. The Morgan fingerprint density at radius 1 is 1.04 bits per heavy atom. The average Bonchev–Trinajstić information content (AvgIpc) is 2.95. The van der Waals surface area contributed by atoms with Gasteiger partial charge in [0, 0.05) is 22.5 Å². The van der Waals surface area contributed by atoms with Crippen LogP contribution in [0.2, 0.25) is 0 Å². The van der Waals surface area contributed by atoms with Crippen LogP contribution in [0.4, 0.5) is 22.0 Å². The molecule has 7 heteroatoms. The summed E-state index contributed by atoms with van der Waals surface area (Å²) >= 11 is 0. The summed E-state index contributed by atoms with van der Waals surface area (Å²) in [5.74, 6) is -4.66. The van der Waals surface area contributed by atoms with Gasteiger partial charge >= 0.3 is 6.18 Å². The molecule has 4 rings (SSSR count). The molecule has 0 aliphatic rings. The number of alkyl halides is 3. The van der Waals surface area contributed by atoms with Crippen LogP contribution in [0.15, 0.2) is 30.5 Å². The molecule has 2 aromatic heterocycles. The molecular formula is C20H15F5N2. The van der Waals surface area contributed by atoms with Crippen LogP contribution in [-0.2, 0) is 0 Å². The predicted molar refractivity (Wildman–Crippen MR) is 94.1 cm³/mol. The molecule has 1 atom stereocenters. The van der Waals surface area contributed by atoms with Crippen molar-refractivity contribution in [3.63, 3.8) is 0 Å². The van der Waals surface area contributed by atoms with Gasteiger partial charge in [-0.1, -0.05) is 23.8 Å². The van der Waals surface area contributed by atoms with Gasteiger partial charge in [0.15, 0.2) is 0 Å². The zero-order valence-electron chi connectivity index (χ0n) is 14.7. The minimum Gasteiger partial charge on any atom is -0.299 e. The Morgan fingerprint density at radius 3 is 2.41 bits per heavy atom. The number of fused-ring (bicyclic) bond motifs is 6. The van der Waals surface area contributed by atoms with E-state index in [4.69, 9.17) is 0 Å². The molecule has 0 saturated carbocycles. The smallest absolute Gasteiger partial charge is 0.299 e. The van der Waals surface area contributed by atoms with Crippen molar-refractivity contribution < 1.29 is 22.0 Å². The zero-order valence-corrected chi connectivity index (χ0v) is 14.7. The van der Waals surface area contributed by atoms with E-state index in [1.807, 2.05) is 6.07 Å². The van der Waals surface area contributed by atoms with E-state index in [-0.39, 0.29) is 10.9 Å². The Morgan fingerprint density at radius 2 is 1.74 bits per heavy atom. The second kappa shape index (κ2) is 5.65. The molecule has 27 heavy (non-hydrogen) atoms. The average molecular weight is 378 g/mol. The maximum Gasteiger partial charge on any atom is 0.395 e. The molecule has 0 N–H and O–H groups in total. The Hall–Kier alpha value is -2.70. The molecule has 140 valence electrons. The maximum atomic E-state index is 15.3. The van der Waals surface area contributed by atoms with Gasteiger partial charge in [-0.25, -0.2) is 13.8 Å². The lowest BCUT2D eigenvalue weighted by atomic mass is 9.94. The van der Waals surface area contributed by atoms with Crippen LogP contribution < -0.4 is 0 Å². The van der Waals surface area contributed by atoms with Crippen molar-refractivity contribution >= 4 is 27.3 Å². The van der Waals surface area contributed by atoms with Crippen molar-refractivity contribution in [2.45, 2.75) is 32.9 Å². The van der Waals surface area contributed by atoms with E-state index in [1.54, 1.807) is 32.2 Å². The first-order valence-corrected chi connectivity index (χ1v) is 8.36. The van der Waals surface area contributed by atoms with Crippen LogP contribution >= 0.6 is 0 Å². The van der Waals surface area contributed by atoms with Gasteiger partial charge in [0.25, 0.3) is 0 Å². The SMILES string of the molecule is Cc1ccc2c(c1)c1c(F)c(C(C)C(F)(F)F)c(F)cc1n1cc(C)nc21. The summed E-state index contributed by atoms with van der Waals surface area (Å²) in [7, 11) is 0. The third kappa shape index (κ3) is 2.56. The van der Waals surface area contributed by atoms with Gasteiger partial charge in [0.05, 0.1) is 17.1 Å². The van der Waals surface area contributed by atoms with Gasteiger partial charge in [-0.2, -0.15) is 13.2 Å². The number of benzene rings is 2. The topological polar surface area (TPSA) is 17.3 Å². The molecule has 2 heterocycles. The number of aromatic nitrogens is 2. The third-order valence-corrected chi connectivity index (χ3v) is 4.93. The van der Waals surface area contributed by atoms with Crippen molar-refractivity contribution in [3.05, 3.63) is 58.9 Å². The van der Waals surface area contributed by atoms with E-state index in [0.29, 0.717) is 22.1 Å². The number of aryl methyl sites for hydroxylation is 2. The largest absolute Gasteiger partial charge is 0.395 e. The normalized spacial score (nSPS) is 13.8. The number of imidazole rings is 1. The van der Waals surface area contributed by atoms with Crippen LogP contribution in [0.5, 0.6) is 0 Å². The van der Waals surface area contributed by atoms with Gasteiger partial charge in [0.2, 0.25) is 0 Å². The molecule has 0 aliphatic heterocycles. The van der Waals surface area contributed by atoms with Crippen LogP contribution in [-0.4, -0.2) is 15.6 Å². The quantitative estimate of drug-likeness (QED) is 0.285. The number of rotatable bonds is 1. The second-order valence-electron chi connectivity index (χ2n) is 6.87. The number of hydrogen-bond acceptors (Lipinski definition) is 1. The highest BCUT2D eigenvalue weighted by Gasteiger charge is 2.41. The number of nitrogens with zero attached hydrogens (tertiary/aromatic N) is 2. The Kier molecular flexibility index (Phi) is 3.70. The van der Waals surface area contributed by atoms with E-state index in [2.05, 4.69) is 4.98 Å². The van der Waals surface area contributed by atoms with Crippen molar-refractivity contribution in [2.24, 2.45) is 0 Å². The van der Waals surface area contributed by atoms with Gasteiger partial charge in [-0.3, -0.25) is 4.40 Å². The first-order valence-electron chi connectivity index (χ1n) is 8.36. The molecule has 0 radical (unpaired) electrons. The van der Waals surface area contributed by atoms with Crippen molar-refractivity contribution in [3.8, 4) is 0 Å². The zero-order chi connectivity index (χ0) is 19.7. The summed E-state index contributed by atoms with van der Waals surface area (Å²) in [5.41, 5.74) is 1.14. The Labute approximate surface area is 151 Å². The molecule has 0 aliphatic carbocycles. The maximum absolute atomic E-state index is 15.3. The van der Waals surface area contributed by atoms with E-state index in [1.165, 1.54) is 4.40 Å². The number of hydrogen-bond donors (Lipinski definition) is 0. The summed E-state index contributed by atoms with van der Waals surface area (Å²) in [5, 5.41) is 0.972. The van der Waals surface area contributed by atoms with E-state index in [9.17, 15) is 17.6 Å². The molecule has 0 fully saturated rings. The molecule has 4 aromatic rings. The molecule has 0 saturated heterocycles. The number of halogens is 5. The van der Waals surface area contributed by atoms with Crippen LogP contribution in [0.3, 0.4) is 0 Å². The predicted octanol–water partition coefficient (Wildman–Crippen LogP) is 6.20. The van der Waals surface area contributed by atoms with Crippen molar-refractivity contribution in [1.29, 1.82) is 0 Å². The minimum atomic E-state index is -4.75. The van der Waals surface area contributed by atoms with Crippen LogP contribution in [0.25, 0.3) is 27.3 Å².